The summed E-state index contributed by atoms with van der Waals surface area (Å²) in [4.78, 5) is 15.3. The lowest BCUT2D eigenvalue weighted by molar-refractivity contribution is -0.113. The number of anilines is 3. The minimum atomic E-state index is -0.0709. The fourth-order valence-electron chi connectivity index (χ4n) is 2.60. The Kier molecular flexibility index (Phi) is 6.07. The molecule has 1 fully saturated rings. The zero-order valence-electron chi connectivity index (χ0n) is 13.7. The zero-order valence-corrected chi connectivity index (χ0v) is 15.3. The molecule has 2 aromatic rings. The van der Waals surface area contributed by atoms with Crippen molar-refractivity contribution in [2.75, 3.05) is 48.0 Å². The molecule has 1 amide bonds. The highest BCUT2D eigenvalue weighted by Gasteiger charge is 2.14. The molecule has 25 heavy (non-hydrogen) atoms. The molecule has 0 radical (unpaired) electrons. The normalized spacial score (nSPS) is 14.4. The Morgan fingerprint density at radius 3 is 2.60 bits per heavy atom. The number of nitrogens with one attached hydrogen (secondary N) is 1. The number of hydrogen-bond donors (Lipinski definition) is 2. The molecule has 0 saturated carbocycles. The quantitative estimate of drug-likeness (QED) is 0.616. The molecule has 0 spiro atoms. The van der Waals surface area contributed by atoms with Gasteiger partial charge in [0.15, 0.2) is 0 Å². The number of amides is 1. The van der Waals surface area contributed by atoms with Crippen molar-refractivity contribution in [3.63, 3.8) is 0 Å². The number of nitrogens with zero attached hydrogens (tertiary/aromatic N) is 1. The van der Waals surface area contributed by atoms with Crippen LogP contribution < -0.4 is 16.0 Å². The Bertz CT molecular complexity index is 734. The Hall–Kier alpha value is -1.89. The van der Waals surface area contributed by atoms with Crippen molar-refractivity contribution in [3.8, 4) is 0 Å². The van der Waals surface area contributed by atoms with Crippen LogP contribution in [0.4, 0.5) is 17.1 Å². The lowest BCUT2D eigenvalue weighted by Gasteiger charge is -2.30. The Balaban J connectivity index is 1.55. The maximum absolute atomic E-state index is 12.1. The van der Waals surface area contributed by atoms with Crippen LogP contribution in [0, 0.1) is 0 Å². The van der Waals surface area contributed by atoms with Gasteiger partial charge in [0, 0.05) is 28.7 Å². The first-order valence-corrected chi connectivity index (χ1v) is 9.38. The summed E-state index contributed by atoms with van der Waals surface area (Å²) < 4.78 is 5.36. The maximum Gasteiger partial charge on any atom is 0.234 e. The third kappa shape index (κ3) is 5.04. The van der Waals surface area contributed by atoms with Crippen LogP contribution in [-0.2, 0) is 9.53 Å². The second-order valence-electron chi connectivity index (χ2n) is 5.66. The largest absolute Gasteiger partial charge is 0.397 e. The van der Waals surface area contributed by atoms with Crippen molar-refractivity contribution < 1.29 is 9.53 Å². The molecule has 1 aliphatic heterocycles. The van der Waals surface area contributed by atoms with Gasteiger partial charge in [-0.15, -0.1) is 11.8 Å². The minimum Gasteiger partial charge on any atom is -0.397 e. The summed E-state index contributed by atoms with van der Waals surface area (Å²) in [6.45, 7) is 3.07. The van der Waals surface area contributed by atoms with E-state index in [1.807, 2.05) is 36.4 Å². The van der Waals surface area contributed by atoms with Gasteiger partial charge in [-0.3, -0.25) is 4.79 Å². The average molecular weight is 378 g/mol. The number of hydrogen-bond acceptors (Lipinski definition) is 5. The van der Waals surface area contributed by atoms with Gasteiger partial charge in [0.1, 0.15) is 0 Å². The number of ether oxygens (including phenoxy) is 1. The monoisotopic (exact) mass is 377 g/mol. The van der Waals surface area contributed by atoms with Crippen molar-refractivity contribution in [1.29, 1.82) is 0 Å². The summed E-state index contributed by atoms with van der Waals surface area (Å²) in [5.74, 6) is 0.255. The van der Waals surface area contributed by atoms with E-state index in [9.17, 15) is 4.79 Å². The van der Waals surface area contributed by atoms with Gasteiger partial charge in [0.05, 0.1) is 30.3 Å². The molecular weight excluding hydrogens is 358 g/mol. The molecule has 0 aromatic heterocycles. The summed E-state index contributed by atoms with van der Waals surface area (Å²) >= 11 is 7.32. The predicted octanol–water partition coefficient (Wildman–Crippen LogP) is 3.49. The summed E-state index contributed by atoms with van der Waals surface area (Å²) in [5.41, 5.74) is 8.50. The SMILES string of the molecule is Nc1cc(NC(=O)CSc2ccc(Cl)cc2)ccc1N1CCOCC1. The molecule has 0 aliphatic carbocycles. The lowest BCUT2D eigenvalue weighted by atomic mass is 10.2. The van der Waals surface area contributed by atoms with E-state index >= 15 is 0 Å². The number of carbonyl (C=O) groups is 1. The molecule has 5 nitrogen and oxygen atoms in total. The van der Waals surface area contributed by atoms with E-state index in [1.165, 1.54) is 11.8 Å². The Morgan fingerprint density at radius 1 is 1.20 bits per heavy atom. The molecular formula is C18H20ClN3O2S. The third-order valence-electron chi connectivity index (χ3n) is 3.85. The van der Waals surface area contributed by atoms with Crippen LogP contribution in [0.1, 0.15) is 0 Å². The van der Waals surface area contributed by atoms with Gasteiger partial charge in [-0.2, -0.15) is 0 Å². The molecule has 2 aromatic carbocycles. The molecule has 0 bridgehead atoms. The van der Waals surface area contributed by atoms with Crippen molar-refractivity contribution in [2.24, 2.45) is 0 Å². The number of thioether (sulfide) groups is 1. The van der Waals surface area contributed by atoms with Gasteiger partial charge < -0.3 is 20.7 Å². The smallest absolute Gasteiger partial charge is 0.234 e. The highest BCUT2D eigenvalue weighted by Crippen LogP contribution is 2.27. The first-order valence-electron chi connectivity index (χ1n) is 8.02. The topological polar surface area (TPSA) is 67.6 Å². The number of rotatable bonds is 5. The zero-order chi connectivity index (χ0) is 17.6. The number of nitrogens with two attached hydrogens (primary N) is 1. The van der Waals surface area contributed by atoms with E-state index in [0.29, 0.717) is 35.4 Å². The van der Waals surface area contributed by atoms with Gasteiger partial charge in [-0.05, 0) is 42.5 Å². The van der Waals surface area contributed by atoms with Crippen LogP contribution in [0.25, 0.3) is 0 Å². The lowest BCUT2D eigenvalue weighted by Crippen LogP contribution is -2.36. The molecule has 1 heterocycles. The number of carbonyl (C=O) groups excluding carboxylic acids is 1. The second-order valence-corrected chi connectivity index (χ2v) is 7.15. The van der Waals surface area contributed by atoms with Crippen LogP contribution in [0.15, 0.2) is 47.4 Å². The number of morpholine rings is 1. The second kappa shape index (κ2) is 8.47. The summed E-state index contributed by atoms with van der Waals surface area (Å²) in [7, 11) is 0. The molecule has 7 heteroatoms. The van der Waals surface area contributed by atoms with E-state index in [2.05, 4.69) is 10.2 Å². The fraction of sp³-hybridized carbons (Fsp3) is 0.278. The summed E-state index contributed by atoms with van der Waals surface area (Å²) in [5, 5.41) is 3.57. The van der Waals surface area contributed by atoms with Crippen molar-refractivity contribution in [2.45, 2.75) is 4.90 Å². The highest BCUT2D eigenvalue weighted by atomic mass is 35.5. The van der Waals surface area contributed by atoms with Crippen LogP contribution in [0.2, 0.25) is 5.02 Å². The van der Waals surface area contributed by atoms with Crippen molar-refractivity contribution in [1.82, 2.24) is 0 Å². The predicted molar refractivity (Wildman–Crippen MR) is 105 cm³/mol. The van der Waals surface area contributed by atoms with Crippen LogP contribution in [0.3, 0.4) is 0 Å². The van der Waals surface area contributed by atoms with Gasteiger partial charge in [0.25, 0.3) is 0 Å². The molecule has 1 saturated heterocycles. The van der Waals surface area contributed by atoms with E-state index in [4.69, 9.17) is 22.1 Å². The van der Waals surface area contributed by atoms with Gasteiger partial charge in [-0.1, -0.05) is 11.6 Å². The van der Waals surface area contributed by atoms with E-state index in [1.54, 1.807) is 6.07 Å². The molecule has 3 N–H and O–H groups in total. The molecule has 132 valence electrons. The number of benzene rings is 2. The van der Waals surface area contributed by atoms with Crippen molar-refractivity contribution in [3.05, 3.63) is 47.5 Å². The first-order chi connectivity index (χ1) is 12.1. The summed E-state index contributed by atoms with van der Waals surface area (Å²) in [6.07, 6.45) is 0. The van der Waals surface area contributed by atoms with Crippen LogP contribution in [0.5, 0.6) is 0 Å². The number of nitrogen functional groups attached to an aromatic ring is 1. The van der Waals surface area contributed by atoms with Crippen LogP contribution >= 0.6 is 23.4 Å². The molecule has 1 aliphatic rings. The molecule has 3 rings (SSSR count). The van der Waals surface area contributed by atoms with Crippen LogP contribution in [-0.4, -0.2) is 38.0 Å². The minimum absolute atomic E-state index is 0.0709. The average Bonchev–Trinajstić information content (AvgIpc) is 2.62. The fourth-order valence-corrected chi connectivity index (χ4v) is 3.43. The van der Waals surface area contributed by atoms with E-state index < -0.39 is 0 Å². The standard InChI is InChI=1S/C18H20ClN3O2S/c19-13-1-4-15(5-2-13)25-12-18(23)21-14-3-6-17(16(20)11-14)22-7-9-24-10-8-22/h1-6,11H,7-10,12,20H2,(H,21,23). The Labute approximate surface area is 156 Å². The molecule has 0 unspecified atom stereocenters. The number of halogens is 1. The van der Waals surface area contributed by atoms with Crippen molar-refractivity contribution >= 4 is 46.3 Å². The van der Waals surface area contributed by atoms with Gasteiger partial charge in [0.2, 0.25) is 5.91 Å². The highest BCUT2D eigenvalue weighted by molar-refractivity contribution is 8.00. The Morgan fingerprint density at radius 2 is 1.92 bits per heavy atom. The first kappa shape index (κ1) is 17.9. The van der Waals surface area contributed by atoms with E-state index in [-0.39, 0.29) is 5.91 Å². The van der Waals surface area contributed by atoms with Gasteiger partial charge >= 0.3 is 0 Å². The third-order valence-corrected chi connectivity index (χ3v) is 5.11. The van der Waals surface area contributed by atoms with Gasteiger partial charge in [-0.25, -0.2) is 0 Å². The van der Waals surface area contributed by atoms with E-state index in [0.717, 1.165) is 23.7 Å². The molecule has 0 atom stereocenters. The maximum atomic E-state index is 12.1. The summed E-state index contributed by atoms with van der Waals surface area (Å²) in [6, 6.07) is 13.1.